The maximum Gasteiger partial charge on any atom is 0.266 e. The number of hydrogen-bond acceptors (Lipinski definition) is 7. The largest absolute Gasteiger partial charge is 0.483 e. The van der Waals surface area contributed by atoms with Gasteiger partial charge in [-0.1, -0.05) is 13.0 Å². The minimum Gasteiger partial charge on any atom is -0.483 e. The molecule has 0 saturated carbocycles. The summed E-state index contributed by atoms with van der Waals surface area (Å²) >= 11 is 0. The molecule has 5 amide bonds. The Balaban J connectivity index is 1.70. The molecule has 1 aromatic rings. The van der Waals surface area contributed by atoms with Gasteiger partial charge in [-0.05, 0) is 24.5 Å². The molecule has 1 saturated heterocycles. The molecule has 2 aliphatic rings. The number of carbonyl (C=O) groups excluding carboxylic acids is 5. The van der Waals surface area contributed by atoms with Crippen LogP contribution in [-0.2, 0) is 19.1 Å². The van der Waals surface area contributed by atoms with E-state index < -0.39 is 29.7 Å². The van der Waals surface area contributed by atoms with Crippen LogP contribution in [0.4, 0.5) is 0 Å². The van der Waals surface area contributed by atoms with Gasteiger partial charge in [0.2, 0.25) is 11.8 Å². The summed E-state index contributed by atoms with van der Waals surface area (Å²) in [4.78, 5) is 62.1. The van der Waals surface area contributed by atoms with Crippen molar-refractivity contribution in [1.82, 2.24) is 15.5 Å². The number of methoxy groups -OCH3 is 1. The standard InChI is InChI=1S/C20H23N3O7/c1-11(9-29-2)8-21-16(25)10-30-14-5-3-4-12-17(14)20(28)23(19(12)27)13-6-7-15(24)22-18(13)26/h3-5,11,13H,6-10H2,1-2H3,(H,21,25)(H,22,24,26). The van der Waals surface area contributed by atoms with E-state index in [0.717, 1.165) is 4.90 Å². The Bertz CT molecular complexity index is 898. The average molecular weight is 417 g/mol. The number of ether oxygens (including phenoxy) is 2. The molecule has 2 N–H and O–H groups in total. The number of carbonyl (C=O) groups is 5. The van der Waals surface area contributed by atoms with Gasteiger partial charge in [0.05, 0.1) is 17.7 Å². The first-order valence-corrected chi connectivity index (χ1v) is 9.56. The predicted octanol–water partition coefficient (Wildman–Crippen LogP) is -0.135. The highest BCUT2D eigenvalue weighted by Crippen LogP contribution is 2.33. The van der Waals surface area contributed by atoms with Gasteiger partial charge in [-0.3, -0.25) is 34.2 Å². The molecule has 2 heterocycles. The minimum atomic E-state index is -1.06. The molecule has 0 spiro atoms. The highest BCUT2D eigenvalue weighted by molar-refractivity contribution is 6.24. The Morgan fingerprint density at radius 2 is 2.03 bits per heavy atom. The summed E-state index contributed by atoms with van der Waals surface area (Å²) in [7, 11) is 1.58. The van der Waals surface area contributed by atoms with Crippen LogP contribution in [0.3, 0.4) is 0 Å². The normalized spacial score (nSPS) is 19.4. The highest BCUT2D eigenvalue weighted by atomic mass is 16.5. The topological polar surface area (TPSA) is 131 Å². The maximum absolute atomic E-state index is 12.9. The van der Waals surface area contributed by atoms with E-state index in [1.807, 2.05) is 6.92 Å². The van der Waals surface area contributed by atoms with E-state index in [4.69, 9.17) is 9.47 Å². The molecule has 3 rings (SSSR count). The molecule has 10 heteroatoms. The summed E-state index contributed by atoms with van der Waals surface area (Å²) in [6, 6.07) is 3.42. The van der Waals surface area contributed by atoms with Crippen LogP contribution in [0.5, 0.6) is 5.75 Å². The zero-order valence-corrected chi connectivity index (χ0v) is 16.7. The number of imide groups is 2. The third-order valence-corrected chi connectivity index (χ3v) is 4.89. The Morgan fingerprint density at radius 1 is 1.27 bits per heavy atom. The second-order valence-electron chi connectivity index (χ2n) is 7.28. The molecule has 160 valence electrons. The van der Waals surface area contributed by atoms with E-state index in [9.17, 15) is 24.0 Å². The number of nitrogens with one attached hydrogen (secondary N) is 2. The van der Waals surface area contributed by atoms with E-state index in [1.54, 1.807) is 7.11 Å². The molecule has 2 unspecified atom stereocenters. The second-order valence-corrected chi connectivity index (χ2v) is 7.28. The van der Waals surface area contributed by atoms with E-state index in [2.05, 4.69) is 10.6 Å². The first-order chi connectivity index (χ1) is 14.3. The summed E-state index contributed by atoms with van der Waals surface area (Å²) in [6.45, 7) is 2.49. The SMILES string of the molecule is COCC(C)CNC(=O)COc1cccc2c1C(=O)N(C1CCC(=O)NC1=O)C2=O. The molecule has 0 radical (unpaired) electrons. The van der Waals surface area contributed by atoms with Gasteiger partial charge in [-0.2, -0.15) is 0 Å². The number of fused-ring (bicyclic) bond motifs is 1. The lowest BCUT2D eigenvalue weighted by molar-refractivity contribution is -0.136. The zero-order valence-electron chi connectivity index (χ0n) is 16.7. The van der Waals surface area contributed by atoms with Crippen molar-refractivity contribution in [3.05, 3.63) is 29.3 Å². The van der Waals surface area contributed by atoms with Crippen molar-refractivity contribution in [3.63, 3.8) is 0 Å². The molecule has 30 heavy (non-hydrogen) atoms. The van der Waals surface area contributed by atoms with Crippen molar-refractivity contribution in [1.29, 1.82) is 0 Å². The number of amides is 5. The van der Waals surface area contributed by atoms with Crippen LogP contribution in [0.25, 0.3) is 0 Å². The smallest absolute Gasteiger partial charge is 0.266 e. The summed E-state index contributed by atoms with van der Waals surface area (Å²) < 4.78 is 10.5. The van der Waals surface area contributed by atoms with Gasteiger partial charge in [-0.15, -0.1) is 0 Å². The number of rotatable bonds is 8. The number of benzene rings is 1. The zero-order chi connectivity index (χ0) is 21.8. The van der Waals surface area contributed by atoms with Crippen molar-refractivity contribution in [2.45, 2.75) is 25.8 Å². The molecule has 10 nitrogen and oxygen atoms in total. The summed E-state index contributed by atoms with van der Waals surface area (Å²) in [5.74, 6) is -2.62. The van der Waals surface area contributed by atoms with Crippen molar-refractivity contribution < 1.29 is 33.4 Å². The number of piperidine rings is 1. The van der Waals surface area contributed by atoms with Crippen molar-refractivity contribution >= 4 is 29.5 Å². The Labute approximate surface area is 172 Å². The van der Waals surface area contributed by atoms with Gasteiger partial charge < -0.3 is 14.8 Å². The van der Waals surface area contributed by atoms with E-state index in [0.29, 0.717) is 13.2 Å². The van der Waals surface area contributed by atoms with Crippen LogP contribution in [-0.4, -0.2) is 67.3 Å². The molecule has 0 aliphatic carbocycles. The molecular weight excluding hydrogens is 394 g/mol. The lowest BCUT2D eigenvalue weighted by Crippen LogP contribution is -2.54. The van der Waals surface area contributed by atoms with E-state index in [1.165, 1.54) is 18.2 Å². The molecule has 0 aromatic heterocycles. The van der Waals surface area contributed by atoms with Gasteiger partial charge in [0.15, 0.2) is 6.61 Å². The van der Waals surface area contributed by atoms with Crippen molar-refractivity contribution in [2.75, 3.05) is 26.9 Å². The fraction of sp³-hybridized carbons (Fsp3) is 0.450. The summed E-state index contributed by atoms with van der Waals surface area (Å²) in [5, 5.41) is 4.85. The first kappa shape index (κ1) is 21.4. The van der Waals surface area contributed by atoms with Gasteiger partial charge >= 0.3 is 0 Å². The average Bonchev–Trinajstić information content (AvgIpc) is 2.96. The van der Waals surface area contributed by atoms with Crippen LogP contribution in [0.1, 0.15) is 40.5 Å². The molecule has 1 fully saturated rings. The molecule has 2 aliphatic heterocycles. The maximum atomic E-state index is 12.9. The molecule has 1 aromatic carbocycles. The highest BCUT2D eigenvalue weighted by Gasteiger charge is 2.46. The fourth-order valence-corrected chi connectivity index (χ4v) is 3.43. The van der Waals surface area contributed by atoms with Crippen LogP contribution in [0, 0.1) is 5.92 Å². The number of nitrogens with zero attached hydrogens (tertiary/aromatic N) is 1. The van der Waals surface area contributed by atoms with Crippen LogP contribution in [0.2, 0.25) is 0 Å². The number of hydrogen-bond donors (Lipinski definition) is 2. The van der Waals surface area contributed by atoms with Gasteiger partial charge in [0, 0.05) is 20.1 Å². The third-order valence-electron chi connectivity index (χ3n) is 4.89. The van der Waals surface area contributed by atoms with Gasteiger partial charge in [-0.25, -0.2) is 0 Å². The van der Waals surface area contributed by atoms with Crippen LogP contribution < -0.4 is 15.4 Å². The first-order valence-electron chi connectivity index (χ1n) is 9.56. The quantitative estimate of drug-likeness (QED) is 0.563. The van der Waals surface area contributed by atoms with Gasteiger partial charge in [0.25, 0.3) is 17.7 Å². The minimum absolute atomic E-state index is 0.00718. The van der Waals surface area contributed by atoms with E-state index in [-0.39, 0.29) is 48.2 Å². The van der Waals surface area contributed by atoms with Crippen LogP contribution >= 0.6 is 0 Å². The van der Waals surface area contributed by atoms with Gasteiger partial charge in [0.1, 0.15) is 11.8 Å². The lowest BCUT2D eigenvalue weighted by atomic mass is 10.0. The monoisotopic (exact) mass is 417 g/mol. The van der Waals surface area contributed by atoms with E-state index >= 15 is 0 Å². The molecular formula is C20H23N3O7. The Morgan fingerprint density at radius 3 is 2.73 bits per heavy atom. The van der Waals surface area contributed by atoms with Crippen molar-refractivity contribution in [3.8, 4) is 5.75 Å². The lowest BCUT2D eigenvalue weighted by Gasteiger charge is -2.27. The van der Waals surface area contributed by atoms with Crippen LogP contribution in [0.15, 0.2) is 18.2 Å². The summed E-state index contributed by atoms with van der Waals surface area (Å²) in [5.41, 5.74) is 0.101. The van der Waals surface area contributed by atoms with Crippen molar-refractivity contribution in [2.24, 2.45) is 5.92 Å². The summed E-state index contributed by atoms with van der Waals surface area (Å²) in [6.07, 6.45) is 0.100. The Kier molecular flexibility index (Phi) is 6.46. The fourth-order valence-electron chi connectivity index (χ4n) is 3.43. The Hall–Kier alpha value is -3.27. The second kappa shape index (κ2) is 9.04. The third kappa shape index (κ3) is 4.33. The molecule has 2 atom stereocenters. The molecule has 0 bridgehead atoms. The predicted molar refractivity (Wildman–Crippen MR) is 103 cm³/mol.